The normalized spacial score (nSPS) is 16.9. The summed E-state index contributed by atoms with van der Waals surface area (Å²) >= 11 is 0. The molecule has 1 aromatic heterocycles. The van der Waals surface area contributed by atoms with Crippen molar-refractivity contribution in [2.45, 2.75) is 77.0 Å². The monoisotopic (exact) mass is 641 g/mol. The van der Waals surface area contributed by atoms with E-state index >= 15 is 0 Å². The summed E-state index contributed by atoms with van der Waals surface area (Å²) in [6.07, 6.45) is 5.35. The standard InChI is InChI=1S/C33H40FN3O7S/c1-33(2,3)44-32(39)37-27-15-13-26(14-16-27)36-30(38)29-20-25(34)21-35-31(29)43-28-12-6-11-24(19-28)23-10-5-8-22(18-23)9-7-17-42-45(4,40)41/h5-6,8,10-12,18-21,26-27H,7,9,13-17H2,1-4H3,(H,36,38)(H,37,39)/t26-,27-. The number of pyridine rings is 1. The van der Waals surface area contributed by atoms with Gasteiger partial charge in [-0.25, -0.2) is 14.2 Å². The largest absolute Gasteiger partial charge is 0.444 e. The van der Waals surface area contributed by atoms with E-state index in [-0.39, 0.29) is 30.1 Å². The number of hydrogen-bond acceptors (Lipinski definition) is 8. The van der Waals surface area contributed by atoms with Gasteiger partial charge in [0.25, 0.3) is 16.0 Å². The summed E-state index contributed by atoms with van der Waals surface area (Å²) in [6, 6.07) is 16.0. The maximum atomic E-state index is 14.2. The molecule has 10 nitrogen and oxygen atoms in total. The Bertz CT molecular complexity index is 1600. The molecule has 0 spiro atoms. The Balaban J connectivity index is 1.38. The summed E-state index contributed by atoms with van der Waals surface area (Å²) in [7, 11) is -3.47. The molecule has 3 aromatic rings. The molecule has 2 amide bonds. The van der Waals surface area contributed by atoms with Crippen LogP contribution in [0.25, 0.3) is 11.1 Å². The molecule has 0 bridgehead atoms. The number of nitrogens with zero attached hydrogens (tertiary/aromatic N) is 1. The van der Waals surface area contributed by atoms with Gasteiger partial charge in [0.15, 0.2) is 0 Å². The number of benzene rings is 2. The predicted molar refractivity (Wildman–Crippen MR) is 168 cm³/mol. The second-order valence-electron chi connectivity index (χ2n) is 12.1. The van der Waals surface area contributed by atoms with Crippen LogP contribution in [0.5, 0.6) is 11.6 Å². The van der Waals surface area contributed by atoms with Gasteiger partial charge < -0.3 is 20.1 Å². The van der Waals surface area contributed by atoms with Crippen molar-refractivity contribution in [3.63, 3.8) is 0 Å². The van der Waals surface area contributed by atoms with Gasteiger partial charge in [-0.3, -0.25) is 8.98 Å². The average Bonchev–Trinajstić information content (AvgIpc) is 2.96. The molecule has 0 unspecified atom stereocenters. The van der Waals surface area contributed by atoms with E-state index in [4.69, 9.17) is 13.7 Å². The highest BCUT2D eigenvalue weighted by Crippen LogP contribution is 2.30. The Hall–Kier alpha value is -4.03. The molecule has 1 aliphatic carbocycles. The van der Waals surface area contributed by atoms with Crippen LogP contribution in [0, 0.1) is 5.82 Å². The van der Waals surface area contributed by atoms with Crippen molar-refractivity contribution in [3.05, 3.63) is 77.7 Å². The molecular formula is C33H40FN3O7S. The van der Waals surface area contributed by atoms with Crippen LogP contribution in [0.1, 0.15) is 68.8 Å². The summed E-state index contributed by atoms with van der Waals surface area (Å²) in [5.41, 5.74) is 2.19. The molecule has 2 N–H and O–H groups in total. The number of aromatic nitrogens is 1. The minimum absolute atomic E-state index is 0.0206. The number of ether oxygens (including phenoxy) is 2. The third-order valence-electron chi connectivity index (χ3n) is 7.06. The van der Waals surface area contributed by atoms with E-state index in [0.717, 1.165) is 35.2 Å². The Morgan fingerprint density at radius 1 is 0.956 bits per heavy atom. The van der Waals surface area contributed by atoms with Crippen molar-refractivity contribution < 1.29 is 36.1 Å². The van der Waals surface area contributed by atoms with E-state index < -0.39 is 33.5 Å². The Labute approximate surface area is 263 Å². The number of rotatable bonds is 11. The summed E-state index contributed by atoms with van der Waals surface area (Å²) in [5.74, 6) is -0.762. The van der Waals surface area contributed by atoms with E-state index in [1.54, 1.807) is 32.9 Å². The van der Waals surface area contributed by atoms with Crippen molar-refractivity contribution in [3.8, 4) is 22.8 Å². The summed E-state index contributed by atoms with van der Waals surface area (Å²) in [4.78, 5) is 29.4. The molecule has 0 atom stereocenters. The summed E-state index contributed by atoms with van der Waals surface area (Å²) in [5, 5.41) is 5.84. The SMILES string of the molecule is CC(C)(C)OC(=O)N[C@H]1CC[C@H](NC(=O)c2cc(F)cnc2Oc2cccc(-c3cccc(CCCOS(C)(=O)=O)c3)c2)CC1. The van der Waals surface area contributed by atoms with Gasteiger partial charge in [0, 0.05) is 12.1 Å². The van der Waals surface area contributed by atoms with Crippen molar-refractivity contribution in [2.75, 3.05) is 12.9 Å². The Morgan fingerprint density at radius 2 is 1.60 bits per heavy atom. The number of carbonyl (C=O) groups is 2. The molecule has 0 aliphatic heterocycles. The van der Waals surface area contributed by atoms with E-state index in [0.29, 0.717) is 44.3 Å². The second-order valence-corrected chi connectivity index (χ2v) is 13.8. The number of hydrogen-bond donors (Lipinski definition) is 2. The molecule has 12 heteroatoms. The first-order chi connectivity index (χ1) is 21.2. The first-order valence-electron chi connectivity index (χ1n) is 14.9. The average molecular weight is 642 g/mol. The van der Waals surface area contributed by atoms with E-state index in [1.807, 2.05) is 36.4 Å². The van der Waals surface area contributed by atoms with E-state index in [1.165, 1.54) is 0 Å². The highest BCUT2D eigenvalue weighted by atomic mass is 32.2. The number of carbonyl (C=O) groups excluding carboxylic acids is 2. The predicted octanol–water partition coefficient (Wildman–Crippen LogP) is 6.15. The van der Waals surface area contributed by atoms with Gasteiger partial charge in [0.1, 0.15) is 22.7 Å². The third kappa shape index (κ3) is 11.1. The van der Waals surface area contributed by atoms with Crippen LogP contribution in [-0.2, 0) is 25.5 Å². The van der Waals surface area contributed by atoms with Crippen LogP contribution in [0.15, 0.2) is 60.8 Å². The molecule has 1 fully saturated rings. The van der Waals surface area contributed by atoms with Gasteiger partial charge in [0.05, 0.1) is 19.1 Å². The number of alkyl carbamates (subject to hydrolysis) is 1. The van der Waals surface area contributed by atoms with Crippen LogP contribution in [-0.4, -0.2) is 55.9 Å². The quantitative estimate of drug-likeness (QED) is 0.188. The van der Waals surface area contributed by atoms with Gasteiger partial charge in [-0.1, -0.05) is 36.4 Å². The van der Waals surface area contributed by atoms with Crippen LogP contribution >= 0.6 is 0 Å². The molecule has 0 radical (unpaired) electrons. The Morgan fingerprint density at radius 3 is 2.27 bits per heavy atom. The van der Waals surface area contributed by atoms with Crippen molar-refractivity contribution in [1.29, 1.82) is 0 Å². The van der Waals surface area contributed by atoms with Gasteiger partial charge in [-0.2, -0.15) is 8.42 Å². The van der Waals surface area contributed by atoms with Crippen LogP contribution in [0.3, 0.4) is 0 Å². The number of aryl methyl sites for hydroxylation is 1. The fourth-order valence-electron chi connectivity index (χ4n) is 5.03. The lowest BCUT2D eigenvalue weighted by Crippen LogP contribution is -2.45. The molecule has 1 heterocycles. The molecule has 2 aromatic carbocycles. The van der Waals surface area contributed by atoms with Gasteiger partial charge >= 0.3 is 6.09 Å². The summed E-state index contributed by atoms with van der Waals surface area (Å²) < 4.78 is 52.8. The van der Waals surface area contributed by atoms with Crippen molar-refractivity contribution in [1.82, 2.24) is 15.6 Å². The number of halogens is 1. The maximum absolute atomic E-state index is 14.2. The minimum Gasteiger partial charge on any atom is -0.444 e. The lowest BCUT2D eigenvalue weighted by atomic mass is 9.91. The molecule has 4 rings (SSSR count). The zero-order valence-corrected chi connectivity index (χ0v) is 26.8. The van der Waals surface area contributed by atoms with Crippen molar-refractivity contribution in [2.24, 2.45) is 0 Å². The van der Waals surface area contributed by atoms with Crippen LogP contribution < -0.4 is 15.4 Å². The number of amides is 2. The first kappa shape index (κ1) is 33.9. The van der Waals surface area contributed by atoms with Gasteiger partial charge in [0.2, 0.25) is 5.88 Å². The zero-order valence-electron chi connectivity index (χ0n) is 26.0. The molecule has 45 heavy (non-hydrogen) atoms. The molecule has 0 saturated heterocycles. The molecule has 1 aliphatic rings. The zero-order chi connectivity index (χ0) is 32.6. The topological polar surface area (TPSA) is 133 Å². The highest BCUT2D eigenvalue weighted by molar-refractivity contribution is 7.85. The number of nitrogens with one attached hydrogen (secondary N) is 2. The fourth-order valence-corrected chi connectivity index (χ4v) is 5.45. The van der Waals surface area contributed by atoms with Crippen LogP contribution in [0.4, 0.5) is 9.18 Å². The summed E-state index contributed by atoms with van der Waals surface area (Å²) in [6.45, 7) is 5.53. The molecular weight excluding hydrogens is 601 g/mol. The molecule has 242 valence electrons. The maximum Gasteiger partial charge on any atom is 0.407 e. The Kier molecular flexibility index (Phi) is 11.2. The van der Waals surface area contributed by atoms with Crippen LogP contribution in [0.2, 0.25) is 0 Å². The lowest BCUT2D eigenvalue weighted by molar-refractivity contribution is 0.0487. The van der Waals surface area contributed by atoms with Crippen molar-refractivity contribution >= 4 is 22.1 Å². The highest BCUT2D eigenvalue weighted by Gasteiger charge is 2.27. The van der Waals surface area contributed by atoms with E-state index in [2.05, 4.69) is 15.6 Å². The first-order valence-corrected chi connectivity index (χ1v) is 16.7. The second kappa shape index (κ2) is 14.8. The fraction of sp³-hybridized carbons (Fsp3) is 0.424. The van der Waals surface area contributed by atoms with Gasteiger partial charge in [-0.15, -0.1) is 0 Å². The molecule has 1 saturated carbocycles. The third-order valence-corrected chi connectivity index (χ3v) is 7.66. The van der Waals surface area contributed by atoms with Gasteiger partial charge in [-0.05, 0) is 94.2 Å². The van der Waals surface area contributed by atoms with E-state index in [9.17, 15) is 22.4 Å². The smallest absolute Gasteiger partial charge is 0.407 e. The minimum atomic E-state index is -3.47. The lowest BCUT2D eigenvalue weighted by Gasteiger charge is -2.30.